The van der Waals surface area contributed by atoms with Crippen LogP contribution >= 0.6 is 0 Å². The second-order valence-corrected chi connectivity index (χ2v) is 6.53. The summed E-state index contributed by atoms with van der Waals surface area (Å²) < 4.78 is 32.7. The molecule has 3 rings (SSSR count). The van der Waals surface area contributed by atoms with Crippen molar-refractivity contribution in [2.75, 3.05) is 0 Å². The fraction of sp³-hybridized carbons (Fsp3) is 0. The minimum absolute atomic E-state index is 0.0409. The molecular formula is C16H12N2O6S. The Morgan fingerprint density at radius 3 is 2.28 bits per heavy atom. The van der Waals surface area contributed by atoms with Gasteiger partial charge in [-0.3, -0.25) is 4.55 Å². The maximum atomic E-state index is 11.6. The molecule has 128 valence electrons. The van der Waals surface area contributed by atoms with Gasteiger partial charge in [-0.15, -0.1) is 10.2 Å². The molecule has 0 saturated heterocycles. The van der Waals surface area contributed by atoms with E-state index in [1.807, 2.05) is 0 Å². The van der Waals surface area contributed by atoms with Crippen LogP contribution in [0.1, 0.15) is 0 Å². The van der Waals surface area contributed by atoms with Gasteiger partial charge in [0.15, 0.2) is 5.75 Å². The van der Waals surface area contributed by atoms with Gasteiger partial charge in [0.2, 0.25) is 0 Å². The molecule has 0 aliphatic heterocycles. The summed E-state index contributed by atoms with van der Waals surface area (Å²) in [5.41, 5.74) is -0.469. The van der Waals surface area contributed by atoms with Crippen LogP contribution in [-0.2, 0) is 10.1 Å². The number of azo groups is 1. The van der Waals surface area contributed by atoms with Gasteiger partial charge >= 0.3 is 0 Å². The largest absolute Gasteiger partial charge is 0.508 e. The van der Waals surface area contributed by atoms with Crippen LogP contribution in [0, 0.1) is 0 Å². The minimum atomic E-state index is -4.71. The average molecular weight is 360 g/mol. The number of benzene rings is 3. The highest BCUT2D eigenvalue weighted by Crippen LogP contribution is 2.42. The van der Waals surface area contributed by atoms with Crippen LogP contribution in [-0.4, -0.2) is 28.3 Å². The Kier molecular flexibility index (Phi) is 4.03. The highest BCUT2D eigenvalue weighted by molar-refractivity contribution is 7.86. The molecular weight excluding hydrogens is 348 g/mol. The molecule has 0 unspecified atom stereocenters. The molecule has 8 nitrogen and oxygen atoms in total. The topological polar surface area (TPSA) is 140 Å². The van der Waals surface area contributed by atoms with Crippen molar-refractivity contribution in [2.24, 2.45) is 10.2 Å². The number of rotatable bonds is 3. The molecule has 0 saturated carbocycles. The van der Waals surface area contributed by atoms with E-state index in [0.29, 0.717) is 0 Å². The Hall–Kier alpha value is -3.17. The highest BCUT2D eigenvalue weighted by Gasteiger charge is 2.22. The smallest absolute Gasteiger partial charge is 0.296 e. The van der Waals surface area contributed by atoms with Crippen molar-refractivity contribution in [3.05, 3.63) is 48.5 Å². The van der Waals surface area contributed by atoms with E-state index in [1.165, 1.54) is 30.3 Å². The third-order valence-electron chi connectivity index (χ3n) is 3.45. The van der Waals surface area contributed by atoms with E-state index in [4.69, 9.17) is 0 Å². The molecule has 0 bridgehead atoms. The zero-order valence-corrected chi connectivity index (χ0v) is 13.3. The maximum Gasteiger partial charge on any atom is 0.296 e. The third kappa shape index (κ3) is 3.23. The predicted octanol–water partition coefficient (Wildman–Crippen LogP) is 3.62. The number of phenolic OH excluding ortho intramolecular Hbond substituents is 3. The molecule has 0 amide bonds. The lowest BCUT2D eigenvalue weighted by Gasteiger charge is -2.09. The summed E-state index contributed by atoms with van der Waals surface area (Å²) in [6, 6.07) is 10.9. The van der Waals surface area contributed by atoms with Gasteiger partial charge in [0.25, 0.3) is 10.1 Å². The summed E-state index contributed by atoms with van der Waals surface area (Å²) in [6.07, 6.45) is 0. The van der Waals surface area contributed by atoms with E-state index in [0.717, 1.165) is 6.07 Å². The molecule has 3 aromatic rings. The number of hydrogen-bond acceptors (Lipinski definition) is 7. The Bertz CT molecular complexity index is 1110. The van der Waals surface area contributed by atoms with Crippen LogP contribution in [0.3, 0.4) is 0 Å². The molecule has 4 N–H and O–H groups in total. The SMILES string of the molecule is O=S(=O)(O)c1cc2ccc(O)cc2c(O)c1N=Nc1ccccc1O. The first-order chi connectivity index (χ1) is 11.8. The summed E-state index contributed by atoms with van der Waals surface area (Å²) in [5, 5.41) is 37.4. The lowest BCUT2D eigenvalue weighted by atomic mass is 10.1. The van der Waals surface area contributed by atoms with E-state index in [1.54, 1.807) is 12.1 Å². The molecule has 0 radical (unpaired) electrons. The van der Waals surface area contributed by atoms with Crippen molar-refractivity contribution in [3.8, 4) is 17.2 Å². The van der Waals surface area contributed by atoms with Gasteiger partial charge < -0.3 is 15.3 Å². The normalized spacial score (nSPS) is 12.0. The van der Waals surface area contributed by atoms with E-state index in [2.05, 4.69) is 10.2 Å². The standard InChI is InChI=1S/C16H12N2O6S/c19-10-6-5-9-7-14(25(22,23)24)15(16(21)11(9)8-10)18-17-12-3-1-2-4-13(12)20/h1-8,19-21H,(H,22,23,24). The Morgan fingerprint density at radius 2 is 1.60 bits per heavy atom. The van der Waals surface area contributed by atoms with E-state index in [9.17, 15) is 28.3 Å². The van der Waals surface area contributed by atoms with E-state index in [-0.39, 0.29) is 28.0 Å². The van der Waals surface area contributed by atoms with Gasteiger partial charge in [0.05, 0.1) is 0 Å². The summed E-state index contributed by atoms with van der Waals surface area (Å²) in [4.78, 5) is -0.651. The molecule has 25 heavy (non-hydrogen) atoms. The molecule has 0 aliphatic carbocycles. The number of aromatic hydroxyl groups is 3. The number of hydrogen-bond donors (Lipinski definition) is 4. The predicted molar refractivity (Wildman–Crippen MR) is 89.4 cm³/mol. The van der Waals surface area contributed by atoms with Gasteiger partial charge in [0.1, 0.15) is 27.8 Å². The Labute approximate surface area is 142 Å². The van der Waals surface area contributed by atoms with Crippen LogP contribution in [0.15, 0.2) is 63.7 Å². The van der Waals surface area contributed by atoms with E-state index >= 15 is 0 Å². The van der Waals surface area contributed by atoms with Gasteiger partial charge in [-0.25, -0.2) is 0 Å². The molecule has 0 heterocycles. The van der Waals surface area contributed by atoms with Crippen LogP contribution < -0.4 is 0 Å². The van der Waals surface area contributed by atoms with Crippen molar-refractivity contribution < 1.29 is 28.3 Å². The zero-order valence-electron chi connectivity index (χ0n) is 12.5. The van der Waals surface area contributed by atoms with Crippen LogP contribution in [0.2, 0.25) is 0 Å². The van der Waals surface area contributed by atoms with Gasteiger partial charge in [-0.1, -0.05) is 18.2 Å². The zero-order chi connectivity index (χ0) is 18.2. The van der Waals surface area contributed by atoms with Crippen molar-refractivity contribution >= 4 is 32.3 Å². The summed E-state index contributed by atoms with van der Waals surface area (Å²) in [6.45, 7) is 0. The maximum absolute atomic E-state index is 11.6. The molecule has 3 aromatic carbocycles. The van der Waals surface area contributed by atoms with Gasteiger partial charge in [-0.2, -0.15) is 8.42 Å². The fourth-order valence-corrected chi connectivity index (χ4v) is 2.93. The average Bonchev–Trinajstić information content (AvgIpc) is 2.55. The van der Waals surface area contributed by atoms with Crippen molar-refractivity contribution in [3.63, 3.8) is 0 Å². The lowest BCUT2D eigenvalue weighted by Crippen LogP contribution is -1.99. The van der Waals surface area contributed by atoms with Crippen molar-refractivity contribution in [1.29, 1.82) is 0 Å². The van der Waals surface area contributed by atoms with Crippen LogP contribution in [0.25, 0.3) is 10.8 Å². The molecule has 0 atom stereocenters. The Morgan fingerprint density at radius 1 is 0.880 bits per heavy atom. The number of para-hydroxylation sites is 1. The number of nitrogens with zero attached hydrogens (tertiary/aromatic N) is 2. The van der Waals surface area contributed by atoms with Crippen LogP contribution in [0.5, 0.6) is 17.2 Å². The van der Waals surface area contributed by atoms with Crippen molar-refractivity contribution in [2.45, 2.75) is 4.90 Å². The molecule has 0 spiro atoms. The number of fused-ring (bicyclic) bond motifs is 1. The van der Waals surface area contributed by atoms with E-state index < -0.39 is 26.5 Å². The minimum Gasteiger partial charge on any atom is -0.508 e. The summed E-state index contributed by atoms with van der Waals surface area (Å²) in [7, 11) is -4.71. The fourth-order valence-electron chi connectivity index (χ4n) is 2.27. The van der Waals surface area contributed by atoms with Gasteiger partial charge in [0, 0.05) is 5.39 Å². The number of phenols is 3. The van der Waals surface area contributed by atoms with Gasteiger partial charge in [-0.05, 0) is 35.7 Å². The summed E-state index contributed by atoms with van der Waals surface area (Å²) in [5.74, 6) is -0.927. The molecule has 0 aliphatic rings. The second-order valence-electron chi connectivity index (χ2n) is 5.14. The van der Waals surface area contributed by atoms with Crippen molar-refractivity contribution in [1.82, 2.24) is 0 Å². The Balaban J connectivity index is 2.28. The highest BCUT2D eigenvalue weighted by atomic mass is 32.2. The lowest BCUT2D eigenvalue weighted by molar-refractivity contribution is 0.468. The first-order valence-corrected chi connectivity index (χ1v) is 8.37. The molecule has 9 heteroatoms. The quantitative estimate of drug-likeness (QED) is 0.415. The first-order valence-electron chi connectivity index (χ1n) is 6.93. The first kappa shape index (κ1) is 16.7. The molecule has 0 aromatic heterocycles. The third-order valence-corrected chi connectivity index (χ3v) is 4.32. The van der Waals surface area contributed by atoms with Crippen LogP contribution in [0.4, 0.5) is 11.4 Å². The second kappa shape index (κ2) is 6.04. The summed E-state index contributed by atoms with van der Waals surface area (Å²) >= 11 is 0. The molecule has 0 fully saturated rings. The monoisotopic (exact) mass is 360 g/mol.